The highest BCUT2D eigenvalue weighted by molar-refractivity contribution is 6.32. The van der Waals surface area contributed by atoms with E-state index >= 15 is 0 Å². The van der Waals surface area contributed by atoms with Gasteiger partial charge in [-0.15, -0.1) is 0 Å². The van der Waals surface area contributed by atoms with Gasteiger partial charge in [0.1, 0.15) is 5.75 Å². The lowest BCUT2D eigenvalue weighted by atomic mass is 10.2. The molecule has 0 atom stereocenters. The summed E-state index contributed by atoms with van der Waals surface area (Å²) in [6.45, 7) is 4.47. The van der Waals surface area contributed by atoms with Crippen LogP contribution in [0.25, 0.3) is 6.08 Å². The number of nitrogens with two attached hydrogens (primary N) is 1. The zero-order valence-electron chi connectivity index (χ0n) is 9.03. The van der Waals surface area contributed by atoms with Crippen LogP contribution in [-0.4, -0.2) is 12.6 Å². The third kappa shape index (κ3) is 3.94. The maximum Gasteiger partial charge on any atom is 0.138 e. The molecule has 0 aliphatic carbocycles. The lowest BCUT2D eigenvalue weighted by Crippen LogP contribution is -2.05. The summed E-state index contributed by atoms with van der Waals surface area (Å²) in [4.78, 5) is 0. The summed E-state index contributed by atoms with van der Waals surface area (Å²) in [6.07, 6.45) is 3.95. The Hall–Kier alpha value is -0.990. The standard InChI is InChI=1S/C12H16ClNO/c1-9(2)15-12-6-5-10(4-3-7-14)8-11(12)13/h3-6,8-9H,7,14H2,1-2H3/b4-3+. The van der Waals surface area contributed by atoms with E-state index in [1.165, 1.54) is 0 Å². The molecule has 2 nitrogen and oxygen atoms in total. The van der Waals surface area contributed by atoms with E-state index in [0.29, 0.717) is 11.6 Å². The minimum Gasteiger partial charge on any atom is -0.489 e. The van der Waals surface area contributed by atoms with Gasteiger partial charge in [0, 0.05) is 6.54 Å². The molecule has 0 bridgehead atoms. The molecule has 0 aliphatic heterocycles. The third-order valence-electron chi connectivity index (χ3n) is 1.76. The fourth-order valence-electron chi connectivity index (χ4n) is 1.17. The molecule has 2 N–H and O–H groups in total. The predicted octanol–water partition coefficient (Wildman–Crippen LogP) is 3.10. The SMILES string of the molecule is CC(C)Oc1ccc(/C=C/CN)cc1Cl. The molecule has 0 fully saturated rings. The van der Waals surface area contributed by atoms with Gasteiger partial charge in [0.05, 0.1) is 11.1 Å². The summed E-state index contributed by atoms with van der Waals surface area (Å²) in [5.41, 5.74) is 6.39. The summed E-state index contributed by atoms with van der Waals surface area (Å²) < 4.78 is 5.52. The Bertz CT molecular complexity index is 347. The average molecular weight is 226 g/mol. The van der Waals surface area contributed by atoms with Gasteiger partial charge in [0.2, 0.25) is 0 Å². The van der Waals surface area contributed by atoms with Gasteiger partial charge in [0.25, 0.3) is 0 Å². The highest BCUT2D eigenvalue weighted by atomic mass is 35.5. The zero-order valence-corrected chi connectivity index (χ0v) is 9.79. The molecular weight excluding hydrogens is 210 g/mol. The molecule has 0 unspecified atom stereocenters. The van der Waals surface area contributed by atoms with E-state index in [4.69, 9.17) is 22.1 Å². The van der Waals surface area contributed by atoms with Gasteiger partial charge in [-0.2, -0.15) is 0 Å². The largest absolute Gasteiger partial charge is 0.489 e. The maximum absolute atomic E-state index is 6.06. The topological polar surface area (TPSA) is 35.2 Å². The lowest BCUT2D eigenvalue weighted by Gasteiger charge is -2.11. The smallest absolute Gasteiger partial charge is 0.138 e. The molecule has 0 aliphatic rings. The van der Waals surface area contributed by atoms with Crippen LogP contribution < -0.4 is 10.5 Å². The molecule has 0 radical (unpaired) electrons. The molecular formula is C12H16ClNO. The van der Waals surface area contributed by atoms with E-state index in [2.05, 4.69) is 0 Å². The normalized spacial score (nSPS) is 11.3. The predicted molar refractivity (Wildman–Crippen MR) is 65.3 cm³/mol. The van der Waals surface area contributed by atoms with Crippen molar-refractivity contribution in [2.24, 2.45) is 5.73 Å². The molecule has 15 heavy (non-hydrogen) atoms. The minimum absolute atomic E-state index is 0.132. The molecule has 1 aromatic rings. The zero-order chi connectivity index (χ0) is 11.3. The van der Waals surface area contributed by atoms with Gasteiger partial charge in [-0.1, -0.05) is 29.8 Å². The van der Waals surface area contributed by atoms with Crippen LogP contribution in [0.5, 0.6) is 5.75 Å². The number of ether oxygens (including phenoxy) is 1. The van der Waals surface area contributed by atoms with Gasteiger partial charge in [-0.05, 0) is 31.5 Å². The summed E-state index contributed by atoms with van der Waals surface area (Å²) in [6, 6.07) is 5.69. The minimum atomic E-state index is 0.132. The second kappa shape index (κ2) is 5.79. The van der Waals surface area contributed by atoms with Crippen molar-refractivity contribution in [2.75, 3.05) is 6.54 Å². The quantitative estimate of drug-likeness (QED) is 0.855. The number of halogens is 1. The number of hydrogen-bond acceptors (Lipinski definition) is 2. The van der Waals surface area contributed by atoms with Crippen LogP contribution in [0.4, 0.5) is 0 Å². The van der Waals surface area contributed by atoms with Crippen molar-refractivity contribution in [1.82, 2.24) is 0 Å². The van der Waals surface area contributed by atoms with Gasteiger partial charge < -0.3 is 10.5 Å². The maximum atomic E-state index is 6.06. The van der Waals surface area contributed by atoms with Crippen molar-refractivity contribution in [3.05, 3.63) is 34.9 Å². The highest BCUT2D eigenvalue weighted by Crippen LogP contribution is 2.26. The molecule has 0 spiro atoms. The first-order valence-corrected chi connectivity index (χ1v) is 5.34. The molecule has 1 rings (SSSR count). The fraction of sp³-hybridized carbons (Fsp3) is 0.333. The van der Waals surface area contributed by atoms with E-state index in [-0.39, 0.29) is 6.10 Å². The van der Waals surface area contributed by atoms with Crippen LogP contribution in [-0.2, 0) is 0 Å². The highest BCUT2D eigenvalue weighted by Gasteiger charge is 2.03. The summed E-state index contributed by atoms with van der Waals surface area (Å²) in [7, 11) is 0. The molecule has 0 amide bonds. The van der Waals surface area contributed by atoms with Crippen LogP contribution in [0.1, 0.15) is 19.4 Å². The van der Waals surface area contributed by atoms with E-state index in [9.17, 15) is 0 Å². The molecule has 0 aromatic heterocycles. The Balaban J connectivity index is 2.83. The van der Waals surface area contributed by atoms with Crippen molar-refractivity contribution in [3.63, 3.8) is 0 Å². The average Bonchev–Trinajstić information content (AvgIpc) is 2.18. The fourth-order valence-corrected chi connectivity index (χ4v) is 1.41. The molecule has 0 saturated carbocycles. The summed E-state index contributed by atoms with van der Waals surface area (Å²) >= 11 is 6.06. The van der Waals surface area contributed by atoms with Crippen molar-refractivity contribution in [1.29, 1.82) is 0 Å². The number of benzene rings is 1. The van der Waals surface area contributed by atoms with Crippen LogP contribution in [0.15, 0.2) is 24.3 Å². The molecule has 1 aromatic carbocycles. The van der Waals surface area contributed by atoms with Crippen LogP contribution >= 0.6 is 11.6 Å². The summed E-state index contributed by atoms with van der Waals surface area (Å²) in [5.74, 6) is 0.719. The van der Waals surface area contributed by atoms with Crippen molar-refractivity contribution in [2.45, 2.75) is 20.0 Å². The Morgan fingerprint density at radius 3 is 2.73 bits per heavy atom. The van der Waals surface area contributed by atoms with Crippen LogP contribution in [0.2, 0.25) is 5.02 Å². The van der Waals surface area contributed by atoms with Crippen molar-refractivity contribution in [3.8, 4) is 5.75 Å². The number of rotatable bonds is 4. The van der Waals surface area contributed by atoms with Crippen LogP contribution in [0.3, 0.4) is 0 Å². The van der Waals surface area contributed by atoms with Crippen molar-refractivity contribution >= 4 is 17.7 Å². The Labute approximate surface area is 95.7 Å². The van der Waals surface area contributed by atoms with Crippen LogP contribution in [0, 0.1) is 0 Å². The van der Waals surface area contributed by atoms with Gasteiger partial charge >= 0.3 is 0 Å². The third-order valence-corrected chi connectivity index (χ3v) is 2.06. The first-order chi connectivity index (χ1) is 7.13. The first kappa shape index (κ1) is 12.1. The van der Waals surface area contributed by atoms with E-state index in [1.807, 2.05) is 44.2 Å². The molecule has 0 heterocycles. The summed E-state index contributed by atoms with van der Waals surface area (Å²) in [5, 5.41) is 0.628. The monoisotopic (exact) mass is 225 g/mol. The Morgan fingerprint density at radius 1 is 1.47 bits per heavy atom. The van der Waals surface area contributed by atoms with Crippen molar-refractivity contribution < 1.29 is 4.74 Å². The van der Waals surface area contributed by atoms with Gasteiger partial charge in [-0.3, -0.25) is 0 Å². The molecule has 0 saturated heterocycles. The number of hydrogen-bond donors (Lipinski definition) is 1. The van der Waals surface area contributed by atoms with Gasteiger partial charge in [-0.25, -0.2) is 0 Å². The van der Waals surface area contributed by atoms with E-state index in [1.54, 1.807) is 0 Å². The first-order valence-electron chi connectivity index (χ1n) is 4.96. The molecule has 3 heteroatoms. The Kier molecular flexibility index (Phi) is 4.66. The molecule has 82 valence electrons. The lowest BCUT2D eigenvalue weighted by molar-refractivity contribution is 0.242. The second-order valence-electron chi connectivity index (χ2n) is 3.49. The second-order valence-corrected chi connectivity index (χ2v) is 3.90. The van der Waals surface area contributed by atoms with E-state index in [0.717, 1.165) is 11.3 Å². The van der Waals surface area contributed by atoms with Gasteiger partial charge in [0.15, 0.2) is 0 Å². The van der Waals surface area contributed by atoms with E-state index < -0.39 is 0 Å². The Morgan fingerprint density at radius 2 is 2.20 bits per heavy atom.